The van der Waals surface area contributed by atoms with Gasteiger partial charge in [0.05, 0.1) is 11.8 Å². The Labute approximate surface area is 201 Å². The van der Waals surface area contributed by atoms with E-state index in [0.29, 0.717) is 5.75 Å². The lowest BCUT2D eigenvalue weighted by molar-refractivity contribution is -0.123. The Balaban J connectivity index is 1.35. The zero-order chi connectivity index (χ0) is 24.3. The number of benzene rings is 3. The van der Waals surface area contributed by atoms with Crippen molar-refractivity contribution in [2.45, 2.75) is 33.2 Å². The van der Waals surface area contributed by atoms with Crippen molar-refractivity contribution in [3.63, 3.8) is 0 Å². The lowest BCUT2D eigenvalue weighted by Crippen LogP contribution is -2.42. The van der Waals surface area contributed by atoms with Gasteiger partial charge < -0.3 is 9.64 Å². The molecule has 0 spiro atoms. The molecule has 1 heterocycles. The van der Waals surface area contributed by atoms with Crippen molar-refractivity contribution in [2.24, 2.45) is 5.10 Å². The maximum absolute atomic E-state index is 12.2. The van der Waals surface area contributed by atoms with Crippen LogP contribution in [0.2, 0.25) is 0 Å². The van der Waals surface area contributed by atoms with Crippen LogP contribution >= 0.6 is 0 Å². The van der Waals surface area contributed by atoms with Crippen molar-refractivity contribution in [3.8, 4) is 16.9 Å². The quantitative estimate of drug-likeness (QED) is 0.378. The molecule has 0 fully saturated rings. The Kier molecular flexibility index (Phi) is 6.55. The first kappa shape index (κ1) is 23.3. The standard InChI is InChI=1S/C29H31N3O2/c1-20-15-27-26(21(2)17-29(3,4)32(27)5)16-24(20)18-30-31-28(33)19-34-25-13-11-23(12-14-25)22-9-7-6-8-10-22/h6-18H,19H2,1-5H3,(H,31,33)/b30-18+. The molecule has 1 amide bonds. The van der Waals surface area contributed by atoms with E-state index >= 15 is 0 Å². The highest BCUT2D eigenvalue weighted by Gasteiger charge is 2.28. The van der Waals surface area contributed by atoms with E-state index in [9.17, 15) is 4.79 Å². The van der Waals surface area contributed by atoms with Crippen LogP contribution in [0.4, 0.5) is 5.69 Å². The molecule has 174 valence electrons. The molecule has 1 aliphatic heterocycles. The van der Waals surface area contributed by atoms with Crippen LogP contribution in [-0.4, -0.2) is 31.3 Å². The fraction of sp³-hybridized carbons (Fsp3) is 0.241. The van der Waals surface area contributed by atoms with Crippen LogP contribution < -0.4 is 15.1 Å². The van der Waals surface area contributed by atoms with Gasteiger partial charge in [0.1, 0.15) is 5.75 Å². The van der Waals surface area contributed by atoms with E-state index in [2.05, 4.69) is 80.5 Å². The van der Waals surface area contributed by atoms with Crippen molar-refractivity contribution >= 4 is 23.4 Å². The van der Waals surface area contributed by atoms with Gasteiger partial charge in [-0.15, -0.1) is 0 Å². The van der Waals surface area contributed by atoms with E-state index in [-0.39, 0.29) is 18.1 Å². The van der Waals surface area contributed by atoms with Gasteiger partial charge in [-0.25, -0.2) is 5.43 Å². The number of carbonyl (C=O) groups excluding carboxylic acids is 1. The van der Waals surface area contributed by atoms with Crippen LogP contribution in [0.15, 0.2) is 77.9 Å². The van der Waals surface area contributed by atoms with Crippen molar-refractivity contribution in [2.75, 3.05) is 18.6 Å². The summed E-state index contributed by atoms with van der Waals surface area (Å²) in [5, 5.41) is 4.15. The molecule has 0 bridgehead atoms. The average molecular weight is 454 g/mol. The van der Waals surface area contributed by atoms with Crippen molar-refractivity contribution in [1.29, 1.82) is 0 Å². The van der Waals surface area contributed by atoms with Gasteiger partial charge in [-0.05, 0) is 79.8 Å². The van der Waals surface area contributed by atoms with Crippen LogP contribution in [0.5, 0.6) is 5.75 Å². The molecular weight excluding hydrogens is 422 g/mol. The monoisotopic (exact) mass is 453 g/mol. The Hall–Kier alpha value is -3.86. The molecule has 4 rings (SSSR count). The highest BCUT2D eigenvalue weighted by Crippen LogP contribution is 2.38. The number of allylic oxidation sites excluding steroid dienone is 1. The van der Waals surface area contributed by atoms with Crippen molar-refractivity contribution in [3.05, 3.63) is 89.5 Å². The number of amides is 1. The molecule has 1 aliphatic rings. The first-order valence-electron chi connectivity index (χ1n) is 11.4. The molecule has 0 saturated heterocycles. The summed E-state index contributed by atoms with van der Waals surface area (Å²) in [6.07, 6.45) is 3.96. The average Bonchev–Trinajstić information content (AvgIpc) is 2.83. The second kappa shape index (κ2) is 9.56. The first-order valence-corrected chi connectivity index (χ1v) is 11.4. The number of ether oxygens (including phenoxy) is 1. The fourth-order valence-electron chi connectivity index (χ4n) is 4.19. The summed E-state index contributed by atoms with van der Waals surface area (Å²) < 4.78 is 5.61. The van der Waals surface area contributed by atoms with Crippen molar-refractivity contribution in [1.82, 2.24) is 5.43 Å². The number of rotatable bonds is 6. The van der Waals surface area contributed by atoms with Crippen LogP contribution in [0, 0.1) is 6.92 Å². The number of nitrogens with one attached hydrogen (secondary N) is 1. The summed E-state index contributed by atoms with van der Waals surface area (Å²) in [5.41, 5.74) is 10.5. The minimum absolute atomic E-state index is 0.0328. The minimum Gasteiger partial charge on any atom is -0.484 e. The van der Waals surface area contributed by atoms with Gasteiger partial charge in [-0.1, -0.05) is 48.5 Å². The zero-order valence-corrected chi connectivity index (χ0v) is 20.4. The van der Waals surface area contributed by atoms with Gasteiger partial charge in [0.2, 0.25) is 0 Å². The summed E-state index contributed by atoms with van der Waals surface area (Å²) in [6, 6.07) is 22.1. The molecule has 5 nitrogen and oxygen atoms in total. The number of aryl methyl sites for hydroxylation is 1. The highest BCUT2D eigenvalue weighted by atomic mass is 16.5. The lowest BCUT2D eigenvalue weighted by atomic mass is 9.87. The van der Waals surface area contributed by atoms with Crippen LogP contribution in [-0.2, 0) is 4.79 Å². The number of fused-ring (bicyclic) bond motifs is 1. The normalized spacial score (nSPS) is 14.5. The zero-order valence-electron chi connectivity index (χ0n) is 20.4. The molecule has 5 heteroatoms. The fourth-order valence-corrected chi connectivity index (χ4v) is 4.19. The SMILES string of the molecule is CC1=CC(C)(C)N(C)c2cc(C)c(/C=N/NC(=O)COc3ccc(-c4ccccc4)cc3)cc21. The Bertz CT molecular complexity index is 1240. The summed E-state index contributed by atoms with van der Waals surface area (Å²) in [5.74, 6) is 0.329. The maximum Gasteiger partial charge on any atom is 0.277 e. The molecule has 0 unspecified atom stereocenters. The number of carbonyl (C=O) groups is 1. The second-order valence-corrected chi connectivity index (χ2v) is 9.24. The highest BCUT2D eigenvalue weighted by molar-refractivity contribution is 5.90. The van der Waals surface area contributed by atoms with E-state index < -0.39 is 0 Å². The van der Waals surface area contributed by atoms with Gasteiger partial charge in [0.15, 0.2) is 6.61 Å². The smallest absolute Gasteiger partial charge is 0.277 e. The Morgan fingerprint density at radius 1 is 1.03 bits per heavy atom. The largest absolute Gasteiger partial charge is 0.484 e. The summed E-state index contributed by atoms with van der Waals surface area (Å²) in [6.45, 7) is 8.50. The molecule has 0 saturated carbocycles. The first-order chi connectivity index (χ1) is 16.2. The number of hydrogen-bond donors (Lipinski definition) is 1. The topological polar surface area (TPSA) is 53.9 Å². The Morgan fingerprint density at radius 2 is 1.71 bits per heavy atom. The van der Waals surface area contributed by atoms with E-state index in [0.717, 1.165) is 22.3 Å². The van der Waals surface area contributed by atoms with Crippen LogP contribution in [0.25, 0.3) is 16.7 Å². The molecule has 1 N–H and O–H groups in total. The third-order valence-electron chi connectivity index (χ3n) is 6.33. The number of anilines is 1. The van der Waals surface area contributed by atoms with Gasteiger partial charge in [-0.3, -0.25) is 4.79 Å². The lowest BCUT2D eigenvalue weighted by Gasteiger charge is -2.41. The molecule has 0 radical (unpaired) electrons. The summed E-state index contributed by atoms with van der Waals surface area (Å²) in [7, 11) is 2.12. The maximum atomic E-state index is 12.2. The van der Waals surface area contributed by atoms with Gasteiger partial charge in [0.25, 0.3) is 5.91 Å². The number of hydrogen-bond acceptors (Lipinski definition) is 4. The summed E-state index contributed by atoms with van der Waals surface area (Å²) >= 11 is 0. The van der Waals surface area contributed by atoms with Gasteiger partial charge >= 0.3 is 0 Å². The van der Waals surface area contributed by atoms with Crippen molar-refractivity contribution < 1.29 is 9.53 Å². The molecule has 0 aliphatic carbocycles. The predicted molar refractivity (Wildman–Crippen MR) is 140 cm³/mol. The molecule has 34 heavy (non-hydrogen) atoms. The van der Waals surface area contributed by atoms with Gasteiger partial charge in [0, 0.05) is 18.3 Å². The van der Waals surface area contributed by atoms with Crippen LogP contribution in [0.3, 0.4) is 0 Å². The van der Waals surface area contributed by atoms with Gasteiger partial charge in [-0.2, -0.15) is 5.10 Å². The molecule has 3 aromatic carbocycles. The Morgan fingerprint density at radius 3 is 2.41 bits per heavy atom. The van der Waals surface area contributed by atoms with E-state index in [4.69, 9.17) is 4.74 Å². The molecule has 0 aromatic heterocycles. The number of nitrogens with zero attached hydrogens (tertiary/aromatic N) is 2. The molecule has 0 atom stereocenters. The molecule has 3 aromatic rings. The number of hydrazone groups is 1. The predicted octanol–water partition coefficient (Wildman–Crippen LogP) is 5.82. The van der Waals surface area contributed by atoms with E-state index in [1.165, 1.54) is 16.8 Å². The molecular formula is C29H31N3O2. The van der Waals surface area contributed by atoms with E-state index in [1.807, 2.05) is 42.5 Å². The number of likely N-dealkylation sites (N-methyl/N-ethyl adjacent to an activating group) is 1. The summed E-state index contributed by atoms with van der Waals surface area (Å²) in [4.78, 5) is 14.5. The third kappa shape index (κ3) is 5.04. The minimum atomic E-state index is -0.309. The second-order valence-electron chi connectivity index (χ2n) is 9.24. The van der Waals surface area contributed by atoms with E-state index in [1.54, 1.807) is 6.21 Å². The third-order valence-corrected chi connectivity index (χ3v) is 6.33. The van der Waals surface area contributed by atoms with Crippen LogP contribution in [0.1, 0.15) is 37.5 Å².